The van der Waals surface area contributed by atoms with E-state index in [9.17, 15) is 9.59 Å². The Kier molecular flexibility index (Phi) is 4.90. The predicted octanol–water partition coefficient (Wildman–Crippen LogP) is 3.00. The zero-order valence-corrected chi connectivity index (χ0v) is 11.8. The quantitative estimate of drug-likeness (QED) is 0.890. The smallest absolute Gasteiger partial charge is 0.303 e. The molecule has 21 heavy (non-hydrogen) atoms. The van der Waals surface area contributed by atoms with Gasteiger partial charge >= 0.3 is 5.97 Å². The minimum absolute atomic E-state index is 0.000528. The predicted molar refractivity (Wildman–Crippen MR) is 79.6 cm³/mol. The van der Waals surface area contributed by atoms with Crippen molar-refractivity contribution in [2.75, 3.05) is 5.32 Å². The van der Waals surface area contributed by atoms with Gasteiger partial charge in [-0.15, -0.1) is 0 Å². The van der Waals surface area contributed by atoms with Crippen LogP contribution in [0.15, 0.2) is 42.7 Å². The second-order valence-electron chi connectivity index (χ2n) is 4.36. The molecule has 0 spiro atoms. The second kappa shape index (κ2) is 6.85. The van der Waals surface area contributed by atoms with Gasteiger partial charge in [-0.25, -0.2) is 0 Å². The van der Waals surface area contributed by atoms with E-state index in [1.54, 1.807) is 24.3 Å². The number of carbonyl (C=O) groups is 2. The maximum absolute atomic E-state index is 12.2. The number of benzene rings is 1. The average molecular weight is 305 g/mol. The molecule has 1 amide bonds. The third-order valence-corrected chi connectivity index (χ3v) is 3.22. The number of pyridine rings is 1. The fourth-order valence-electron chi connectivity index (χ4n) is 1.84. The van der Waals surface area contributed by atoms with Crippen LogP contribution in [-0.2, 0) is 11.2 Å². The topological polar surface area (TPSA) is 79.3 Å². The van der Waals surface area contributed by atoms with Gasteiger partial charge in [-0.3, -0.25) is 14.6 Å². The molecule has 0 bridgehead atoms. The molecule has 1 aromatic carbocycles. The Morgan fingerprint density at radius 1 is 1.24 bits per heavy atom. The number of aliphatic carboxylic acids is 1. The van der Waals surface area contributed by atoms with Crippen LogP contribution in [0.1, 0.15) is 22.3 Å². The lowest BCUT2D eigenvalue weighted by molar-refractivity contribution is -0.136. The summed E-state index contributed by atoms with van der Waals surface area (Å²) in [7, 11) is 0. The number of halogens is 1. The summed E-state index contributed by atoms with van der Waals surface area (Å²) in [6.07, 6.45) is 3.23. The van der Waals surface area contributed by atoms with Crippen molar-refractivity contribution in [1.29, 1.82) is 0 Å². The zero-order chi connectivity index (χ0) is 15.2. The minimum Gasteiger partial charge on any atom is -0.481 e. The lowest BCUT2D eigenvalue weighted by Crippen LogP contribution is -2.14. The number of aromatic nitrogens is 1. The van der Waals surface area contributed by atoms with E-state index in [1.807, 2.05) is 0 Å². The van der Waals surface area contributed by atoms with Crippen molar-refractivity contribution in [3.63, 3.8) is 0 Å². The molecule has 0 radical (unpaired) electrons. The first-order valence-electron chi connectivity index (χ1n) is 6.28. The van der Waals surface area contributed by atoms with Crippen LogP contribution in [0.25, 0.3) is 0 Å². The molecule has 0 saturated heterocycles. The van der Waals surface area contributed by atoms with Crippen molar-refractivity contribution < 1.29 is 14.7 Å². The van der Waals surface area contributed by atoms with Crippen LogP contribution in [0, 0.1) is 0 Å². The molecule has 0 fully saturated rings. The summed E-state index contributed by atoms with van der Waals surface area (Å²) in [6.45, 7) is 0. The molecule has 0 aliphatic rings. The van der Waals surface area contributed by atoms with Crippen LogP contribution < -0.4 is 5.32 Å². The van der Waals surface area contributed by atoms with Crippen molar-refractivity contribution in [2.24, 2.45) is 0 Å². The fraction of sp³-hybridized carbons (Fsp3) is 0.133. The molecule has 2 N–H and O–H groups in total. The first-order valence-corrected chi connectivity index (χ1v) is 6.66. The zero-order valence-electron chi connectivity index (χ0n) is 11.0. The van der Waals surface area contributed by atoms with E-state index in [1.165, 1.54) is 18.5 Å². The molecule has 0 aliphatic heterocycles. The third kappa shape index (κ3) is 4.03. The third-order valence-electron chi connectivity index (χ3n) is 2.89. The average Bonchev–Trinajstić information content (AvgIpc) is 2.46. The highest BCUT2D eigenvalue weighted by molar-refractivity contribution is 6.34. The highest BCUT2D eigenvalue weighted by Gasteiger charge is 2.12. The Hall–Kier alpha value is -2.40. The number of nitrogens with zero attached hydrogens (tertiary/aromatic N) is 1. The van der Waals surface area contributed by atoms with Gasteiger partial charge in [0.2, 0.25) is 0 Å². The van der Waals surface area contributed by atoms with E-state index >= 15 is 0 Å². The van der Waals surface area contributed by atoms with Gasteiger partial charge in [0, 0.05) is 24.5 Å². The van der Waals surface area contributed by atoms with Crippen molar-refractivity contribution in [3.05, 3.63) is 58.9 Å². The number of aryl methyl sites for hydroxylation is 1. The van der Waals surface area contributed by atoms with E-state index in [4.69, 9.17) is 16.7 Å². The van der Waals surface area contributed by atoms with Crippen LogP contribution >= 0.6 is 11.6 Å². The number of amides is 1. The number of para-hydroxylation sites is 1. The molecule has 0 saturated carbocycles. The highest BCUT2D eigenvalue weighted by Crippen LogP contribution is 2.20. The van der Waals surface area contributed by atoms with Gasteiger partial charge in [0.1, 0.15) is 0 Å². The maximum atomic E-state index is 12.2. The molecule has 0 unspecified atom stereocenters. The molecule has 1 aromatic heterocycles. The molecule has 2 rings (SSSR count). The Morgan fingerprint density at radius 3 is 2.71 bits per heavy atom. The number of anilines is 1. The number of carboxylic acid groups (broad SMARTS) is 1. The summed E-state index contributed by atoms with van der Waals surface area (Å²) in [5.74, 6) is -1.26. The lowest BCUT2D eigenvalue weighted by Gasteiger charge is -2.10. The number of carboxylic acids is 1. The van der Waals surface area contributed by atoms with Crippen molar-refractivity contribution in [1.82, 2.24) is 4.98 Å². The molecule has 5 nitrogen and oxygen atoms in total. The number of hydrogen-bond acceptors (Lipinski definition) is 3. The van der Waals surface area contributed by atoms with E-state index in [0.29, 0.717) is 17.1 Å². The molecule has 0 aliphatic carbocycles. The van der Waals surface area contributed by atoms with E-state index in [2.05, 4.69) is 10.3 Å². The largest absolute Gasteiger partial charge is 0.481 e. The molecular weight excluding hydrogens is 292 g/mol. The van der Waals surface area contributed by atoms with Gasteiger partial charge in [0.25, 0.3) is 5.91 Å². The van der Waals surface area contributed by atoms with Gasteiger partial charge < -0.3 is 10.4 Å². The Labute approximate surface area is 126 Å². The molecule has 0 atom stereocenters. The van der Waals surface area contributed by atoms with Gasteiger partial charge in [-0.05, 0) is 24.1 Å². The molecule has 6 heteroatoms. The monoisotopic (exact) mass is 304 g/mol. The molecular formula is C15H13ClN2O3. The minimum atomic E-state index is -0.883. The van der Waals surface area contributed by atoms with Crippen LogP contribution in [0.4, 0.5) is 5.69 Å². The summed E-state index contributed by atoms with van der Waals surface area (Å²) in [4.78, 5) is 26.7. The van der Waals surface area contributed by atoms with Gasteiger partial charge in [0.15, 0.2) is 0 Å². The SMILES string of the molecule is O=C(O)CCc1ccccc1NC(=O)c1cnccc1Cl. The van der Waals surface area contributed by atoms with Gasteiger partial charge in [0.05, 0.1) is 10.6 Å². The van der Waals surface area contributed by atoms with Crippen LogP contribution in [0.5, 0.6) is 0 Å². The normalized spacial score (nSPS) is 10.1. The first-order chi connectivity index (χ1) is 10.1. The van der Waals surface area contributed by atoms with Crippen molar-refractivity contribution in [2.45, 2.75) is 12.8 Å². The Balaban J connectivity index is 2.18. The van der Waals surface area contributed by atoms with Gasteiger partial charge in [-0.2, -0.15) is 0 Å². The number of hydrogen-bond donors (Lipinski definition) is 2. The fourth-order valence-corrected chi connectivity index (χ4v) is 2.03. The van der Waals surface area contributed by atoms with Crippen LogP contribution in [0.2, 0.25) is 5.02 Å². The van der Waals surface area contributed by atoms with Gasteiger partial charge in [-0.1, -0.05) is 29.8 Å². The number of nitrogens with one attached hydrogen (secondary N) is 1. The second-order valence-corrected chi connectivity index (χ2v) is 4.77. The van der Waals surface area contributed by atoms with Crippen LogP contribution in [-0.4, -0.2) is 22.0 Å². The lowest BCUT2D eigenvalue weighted by atomic mass is 10.1. The van der Waals surface area contributed by atoms with E-state index in [-0.39, 0.29) is 17.9 Å². The summed E-state index contributed by atoms with van der Waals surface area (Å²) in [5, 5.41) is 11.8. The summed E-state index contributed by atoms with van der Waals surface area (Å²) >= 11 is 5.95. The van der Waals surface area contributed by atoms with Crippen LogP contribution in [0.3, 0.4) is 0 Å². The van der Waals surface area contributed by atoms with Crippen molar-refractivity contribution >= 4 is 29.2 Å². The van der Waals surface area contributed by atoms with E-state index in [0.717, 1.165) is 5.56 Å². The Bertz CT molecular complexity index is 673. The number of rotatable bonds is 5. The van der Waals surface area contributed by atoms with E-state index < -0.39 is 5.97 Å². The summed E-state index contributed by atoms with van der Waals surface area (Å²) < 4.78 is 0. The molecule has 108 valence electrons. The molecule has 2 aromatic rings. The highest BCUT2D eigenvalue weighted by atomic mass is 35.5. The number of carbonyl (C=O) groups excluding carboxylic acids is 1. The molecule has 1 heterocycles. The summed E-state index contributed by atoms with van der Waals surface area (Å²) in [5.41, 5.74) is 1.60. The summed E-state index contributed by atoms with van der Waals surface area (Å²) in [6, 6.07) is 8.60. The Morgan fingerprint density at radius 2 is 2.00 bits per heavy atom. The first kappa shape index (κ1) is 15.0. The van der Waals surface area contributed by atoms with Crippen molar-refractivity contribution in [3.8, 4) is 0 Å². The standard InChI is InChI=1S/C15H13ClN2O3/c16-12-7-8-17-9-11(12)15(21)18-13-4-2-1-3-10(13)5-6-14(19)20/h1-4,7-9H,5-6H2,(H,18,21)(H,19,20). The maximum Gasteiger partial charge on any atom is 0.303 e.